The highest BCUT2D eigenvalue weighted by Gasteiger charge is 2.23. The molecular weight excluding hydrogens is 413 g/mol. The molecule has 0 spiro atoms. The summed E-state index contributed by atoms with van der Waals surface area (Å²) in [6, 6.07) is 10.1. The number of methoxy groups -OCH3 is 1. The van der Waals surface area contributed by atoms with Crippen LogP contribution < -0.4 is 25.4 Å². The number of amides is 1. The zero-order valence-electron chi connectivity index (χ0n) is 16.0. The molecule has 1 aliphatic rings. The highest BCUT2D eigenvalue weighted by Crippen LogP contribution is 2.33. The van der Waals surface area contributed by atoms with Crippen LogP contribution >= 0.6 is 11.6 Å². The zero-order chi connectivity index (χ0) is 21.3. The highest BCUT2D eigenvalue weighted by molar-refractivity contribution is 6.32. The number of ether oxygens (including phenoxy) is 2. The Kier molecular flexibility index (Phi) is 5.28. The molecule has 3 N–H and O–H groups in total. The third kappa shape index (κ3) is 4.06. The molecular formula is C20H17ClFN5O3. The van der Waals surface area contributed by atoms with Crippen molar-refractivity contribution in [3.63, 3.8) is 0 Å². The zero-order valence-corrected chi connectivity index (χ0v) is 16.7. The summed E-state index contributed by atoms with van der Waals surface area (Å²) in [7, 11) is 1.52. The topological polar surface area (TPSA) is 97.4 Å². The van der Waals surface area contributed by atoms with Gasteiger partial charge in [0.05, 0.1) is 24.0 Å². The van der Waals surface area contributed by atoms with E-state index in [9.17, 15) is 9.18 Å². The van der Waals surface area contributed by atoms with Crippen molar-refractivity contribution in [3.8, 4) is 11.5 Å². The minimum absolute atomic E-state index is 0.0384. The molecule has 0 aliphatic carbocycles. The quantitative estimate of drug-likeness (QED) is 0.550. The maximum absolute atomic E-state index is 14.3. The summed E-state index contributed by atoms with van der Waals surface area (Å²) in [4.78, 5) is 19.9. The lowest BCUT2D eigenvalue weighted by atomic mass is 10.2. The molecule has 0 saturated heterocycles. The first-order valence-corrected chi connectivity index (χ1v) is 9.32. The van der Waals surface area contributed by atoms with Gasteiger partial charge < -0.3 is 25.4 Å². The van der Waals surface area contributed by atoms with E-state index in [0.29, 0.717) is 33.6 Å². The summed E-state index contributed by atoms with van der Waals surface area (Å²) in [5.41, 5.74) is 1.62. The van der Waals surface area contributed by atoms with Crippen molar-refractivity contribution < 1.29 is 18.7 Å². The number of carbonyl (C=O) groups is 1. The molecule has 0 fully saturated rings. The van der Waals surface area contributed by atoms with Crippen LogP contribution in [0.15, 0.2) is 42.6 Å². The monoisotopic (exact) mass is 429 g/mol. The third-order valence-electron chi connectivity index (χ3n) is 4.33. The summed E-state index contributed by atoms with van der Waals surface area (Å²) in [5, 5.41) is 9.01. The van der Waals surface area contributed by atoms with Gasteiger partial charge in [-0.05, 0) is 43.3 Å². The van der Waals surface area contributed by atoms with Gasteiger partial charge in [0.15, 0.2) is 17.7 Å². The number of aromatic nitrogens is 2. The summed E-state index contributed by atoms with van der Waals surface area (Å²) >= 11 is 6.12. The van der Waals surface area contributed by atoms with E-state index >= 15 is 0 Å². The Labute approximate surface area is 176 Å². The molecule has 1 aliphatic heterocycles. The molecule has 1 amide bonds. The summed E-state index contributed by atoms with van der Waals surface area (Å²) in [5.74, 6) is 0.307. The molecule has 2 heterocycles. The van der Waals surface area contributed by atoms with Crippen molar-refractivity contribution in [2.75, 3.05) is 23.1 Å². The van der Waals surface area contributed by atoms with Gasteiger partial charge in [-0.2, -0.15) is 4.98 Å². The van der Waals surface area contributed by atoms with E-state index in [-0.39, 0.29) is 17.7 Å². The fourth-order valence-corrected chi connectivity index (χ4v) is 3.07. The van der Waals surface area contributed by atoms with E-state index in [1.54, 1.807) is 43.3 Å². The summed E-state index contributed by atoms with van der Waals surface area (Å²) < 4.78 is 24.9. The molecule has 1 atom stereocenters. The highest BCUT2D eigenvalue weighted by atomic mass is 35.5. The van der Waals surface area contributed by atoms with E-state index in [2.05, 4.69) is 25.9 Å². The Morgan fingerprint density at radius 1 is 1.20 bits per heavy atom. The molecule has 0 saturated carbocycles. The second-order valence-corrected chi connectivity index (χ2v) is 6.86. The van der Waals surface area contributed by atoms with Crippen molar-refractivity contribution in [1.82, 2.24) is 9.97 Å². The lowest BCUT2D eigenvalue weighted by molar-refractivity contribution is -0.122. The number of carbonyl (C=O) groups excluding carboxylic acids is 1. The second-order valence-electron chi connectivity index (χ2n) is 6.45. The predicted molar refractivity (Wildman–Crippen MR) is 112 cm³/mol. The first-order chi connectivity index (χ1) is 14.4. The van der Waals surface area contributed by atoms with Crippen LogP contribution in [0.1, 0.15) is 6.92 Å². The molecule has 10 heteroatoms. The third-order valence-corrected chi connectivity index (χ3v) is 4.62. The summed E-state index contributed by atoms with van der Waals surface area (Å²) in [6.45, 7) is 1.66. The maximum atomic E-state index is 14.3. The minimum atomic E-state index is -0.639. The number of anilines is 5. The van der Waals surface area contributed by atoms with Crippen molar-refractivity contribution in [1.29, 1.82) is 0 Å². The Hall–Kier alpha value is -3.59. The van der Waals surface area contributed by atoms with Gasteiger partial charge in [-0.3, -0.25) is 4.79 Å². The summed E-state index contributed by atoms with van der Waals surface area (Å²) in [6.07, 6.45) is 0.476. The van der Waals surface area contributed by atoms with Gasteiger partial charge in [0.1, 0.15) is 11.5 Å². The average Bonchev–Trinajstić information content (AvgIpc) is 2.72. The van der Waals surface area contributed by atoms with Gasteiger partial charge in [-0.15, -0.1) is 0 Å². The molecule has 154 valence electrons. The smallest absolute Gasteiger partial charge is 0.265 e. The van der Waals surface area contributed by atoms with E-state index in [4.69, 9.17) is 21.1 Å². The normalized spacial score (nSPS) is 14.9. The first kappa shape index (κ1) is 19.7. The predicted octanol–water partition coefficient (Wildman–Crippen LogP) is 4.48. The Bertz CT molecular complexity index is 1130. The number of nitrogens with zero attached hydrogens (tertiary/aromatic N) is 2. The fraction of sp³-hybridized carbons (Fsp3) is 0.150. The number of halogens is 2. The Balaban J connectivity index is 1.55. The fourth-order valence-electron chi connectivity index (χ4n) is 2.81. The minimum Gasteiger partial charge on any atom is -0.495 e. The molecule has 2 aromatic carbocycles. The number of hydrogen-bond donors (Lipinski definition) is 3. The number of benzene rings is 2. The SMILES string of the molecule is COc1ccc(Nc2ncc(F)c(Nc3ccc4c(c3)NC(=O)[C@@H](C)O4)n2)cc1Cl. The number of nitrogens with one attached hydrogen (secondary N) is 3. The van der Waals surface area contributed by atoms with Crippen LogP contribution in [-0.2, 0) is 4.79 Å². The largest absolute Gasteiger partial charge is 0.495 e. The van der Waals surface area contributed by atoms with Crippen LogP contribution in [0.4, 0.5) is 33.2 Å². The van der Waals surface area contributed by atoms with Crippen molar-refractivity contribution in [2.24, 2.45) is 0 Å². The lowest BCUT2D eigenvalue weighted by Crippen LogP contribution is -2.34. The lowest BCUT2D eigenvalue weighted by Gasteiger charge is -2.23. The van der Waals surface area contributed by atoms with Gasteiger partial charge in [0.2, 0.25) is 5.95 Å². The van der Waals surface area contributed by atoms with Gasteiger partial charge in [0.25, 0.3) is 5.91 Å². The van der Waals surface area contributed by atoms with Gasteiger partial charge in [0, 0.05) is 11.4 Å². The van der Waals surface area contributed by atoms with E-state index in [1.165, 1.54) is 7.11 Å². The van der Waals surface area contributed by atoms with Crippen molar-refractivity contribution in [3.05, 3.63) is 53.4 Å². The number of hydrogen-bond acceptors (Lipinski definition) is 7. The van der Waals surface area contributed by atoms with Crippen LogP contribution in [0.5, 0.6) is 11.5 Å². The van der Waals surface area contributed by atoms with Crippen LogP contribution in [-0.4, -0.2) is 29.1 Å². The van der Waals surface area contributed by atoms with Crippen LogP contribution in [0, 0.1) is 5.82 Å². The molecule has 3 aromatic rings. The van der Waals surface area contributed by atoms with Gasteiger partial charge >= 0.3 is 0 Å². The van der Waals surface area contributed by atoms with E-state index < -0.39 is 11.9 Å². The molecule has 0 unspecified atom stereocenters. The average molecular weight is 430 g/mol. The van der Waals surface area contributed by atoms with Crippen LogP contribution in [0.25, 0.3) is 0 Å². The first-order valence-electron chi connectivity index (χ1n) is 8.94. The molecule has 1 aromatic heterocycles. The van der Waals surface area contributed by atoms with Crippen molar-refractivity contribution >= 4 is 46.3 Å². The number of fused-ring (bicyclic) bond motifs is 1. The number of rotatable bonds is 5. The molecule has 4 rings (SSSR count). The standard InChI is InChI=1S/C20H17ClFN5O3/c1-10-19(28)26-15-8-12(4-6-17(15)30-10)24-18-14(22)9-23-20(27-18)25-11-3-5-16(29-2)13(21)7-11/h3-10H,1-2H3,(H,26,28)(H2,23,24,25,27)/t10-/m1/s1. The molecule has 8 nitrogen and oxygen atoms in total. The van der Waals surface area contributed by atoms with E-state index in [1.807, 2.05) is 0 Å². The van der Waals surface area contributed by atoms with Gasteiger partial charge in [-0.25, -0.2) is 9.37 Å². The van der Waals surface area contributed by atoms with Crippen LogP contribution in [0.2, 0.25) is 5.02 Å². The molecule has 0 radical (unpaired) electrons. The van der Waals surface area contributed by atoms with Crippen LogP contribution in [0.3, 0.4) is 0 Å². The van der Waals surface area contributed by atoms with E-state index in [0.717, 1.165) is 6.20 Å². The van der Waals surface area contributed by atoms with Gasteiger partial charge in [-0.1, -0.05) is 11.6 Å². The Morgan fingerprint density at radius 2 is 1.97 bits per heavy atom. The molecule has 0 bridgehead atoms. The van der Waals surface area contributed by atoms with Crippen molar-refractivity contribution in [2.45, 2.75) is 13.0 Å². The Morgan fingerprint density at radius 3 is 2.73 bits per heavy atom. The molecule has 30 heavy (non-hydrogen) atoms. The maximum Gasteiger partial charge on any atom is 0.265 e. The second kappa shape index (κ2) is 8.03.